The van der Waals surface area contributed by atoms with Crippen LogP contribution in [0, 0.1) is 11.3 Å². The first-order valence-electron chi connectivity index (χ1n) is 5.02. The van der Waals surface area contributed by atoms with Crippen molar-refractivity contribution in [2.24, 2.45) is 11.3 Å². The van der Waals surface area contributed by atoms with Crippen LogP contribution in [0.5, 0.6) is 0 Å². The van der Waals surface area contributed by atoms with E-state index in [1.54, 1.807) is 4.91 Å². The number of fused-ring (bicyclic) bond motifs is 1. The van der Waals surface area contributed by atoms with Crippen molar-refractivity contribution < 1.29 is 0 Å². The largest absolute Gasteiger partial charge is 0.134 e. The summed E-state index contributed by atoms with van der Waals surface area (Å²) in [6.07, 6.45) is 11.9. The Morgan fingerprint density at radius 3 is 3.08 bits per heavy atom. The predicted molar refractivity (Wildman–Crippen MR) is 56.3 cm³/mol. The lowest BCUT2D eigenvalue weighted by Crippen LogP contribution is -2.27. The monoisotopic (exact) mass is 182 g/mol. The summed E-state index contributed by atoms with van der Waals surface area (Å²) >= 11 is 1.98. The average Bonchev–Trinajstić information content (AvgIpc) is 2.41. The zero-order valence-electron chi connectivity index (χ0n) is 8.10. The Morgan fingerprint density at radius 2 is 2.33 bits per heavy atom. The molecule has 2 aliphatic carbocycles. The van der Waals surface area contributed by atoms with Gasteiger partial charge >= 0.3 is 0 Å². The fraction of sp³-hybridized carbons (Fsp3) is 0.818. The number of hydrogen-bond donors (Lipinski definition) is 0. The third-order valence-corrected chi connectivity index (χ3v) is 4.84. The Kier molecular flexibility index (Phi) is 2.24. The maximum Gasteiger partial charge on any atom is 0.00124 e. The topological polar surface area (TPSA) is 0 Å². The summed E-state index contributed by atoms with van der Waals surface area (Å²) in [5.74, 6) is 0.980. The molecule has 12 heavy (non-hydrogen) atoms. The number of allylic oxidation sites excluding steroid dienone is 2. The van der Waals surface area contributed by atoms with Crippen LogP contribution in [0.1, 0.15) is 39.0 Å². The molecule has 0 spiro atoms. The van der Waals surface area contributed by atoms with Gasteiger partial charge in [0.2, 0.25) is 0 Å². The van der Waals surface area contributed by atoms with Crippen LogP contribution in [0.3, 0.4) is 0 Å². The summed E-state index contributed by atoms with van der Waals surface area (Å²) in [6.45, 7) is 2.48. The smallest absolute Gasteiger partial charge is 0.00124 e. The highest BCUT2D eigenvalue weighted by Crippen LogP contribution is 2.55. The summed E-state index contributed by atoms with van der Waals surface area (Å²) in [6, 6.07) is 0. The van der Waals surface area contributed by atoms with Gasteiger partial charge in [-0.1, -0.05) is 25.8 Å². The minimum absolute atomic E-state index is 0.581. The molecule has 0 aromatic heterocycles. The van der Waals surface area contributed by atoms with Gasteiger partial charge in [-0.3, -0.25) is 0 Å². The summed E-state index contributed by atoms with van der Waals surface area (Å²) in [5.41, 5.74) is 0.581. The van der Waals surface area contributed by atoms with Crippen LogP contribution >= 0.6 is 11.8 Å². The molecule has 2 atom stereocenters. The Morgan fingerprint density at radius 1 is 1.50 bits per heavy atom. The van der Waals surface area contributed by atoms with Crippen LogP contribution in [-0.2, 0) is 0 Å². The normalized spacial score (nSPS) is 40.8. The molecule has 0 bridgehead atoms. The molecule has 0 radical (unpaired) electrons. The quantitative estimate of drug-likeness (QED) is 0.594. The molecule has 0 aliphatic heterocycles. The lowest BCUT2D eigenvalue weighted by molar-refractivity contribution is 0.187. The molecule has 0 saturated heterocycles. The third kappa shape index (κ3) is 1.14. The van der Waals surface area contributed by atoms with Crippen molar-refractivity contribution in [1.82, 2.24) is 0 Å². The van der Waals surface area contributed by atoms with Crippen molar-refractivity contribution in [2.45, 2.75) is 39.0 Å². The number of rotatable bonds is 1. The SMILES string of the molecule is CSC1=CCC2CCCCC12C. The van der Waals surface area contributed by atoms with Crippen LogP contribution in [0.15, 0.2) is 11.0 Å². The van der Waals surface area contributed by atoms with E-state index in [0.29, 0.717) is 5.41 Å². The minimum Gasteiger partial charge on any atom is -0.134 e. The maximum absolute atomic E-state index is 2.49. The van der Waals surface area contributed by atoms with Crippen molar-refractivity contribution in [3.05, 3.63) is 11.0 Å². The van der Waals surface area contributed by atoms with E-state index in [0.717, 1.165) is 5.92 Å². The van der Waals surface area contributed by atoms with Crippen molar-refractivity contribution in [3.8, 4) is 0 Å². The van der Waals surface area contributed by atoms with Gasteiger partial charge in [-0.05, 0) is 36.3 Å². The first-order valence-corrected chi connectivity index (χ1v) is 6.24. The second-order valence-electron chi connectivity index (χ2n) is 4.37. The Balaban J connectivity index is 2.20. The summed E-state index contributed by atoms with van der Waals surface area (Å²) in [5, 5.41) is 0. The number of thioether (sulfide) groups is 1. The van der Waals surface area contributed by atoms with Crippen LogP contribution in [0.2, 0.25) is 0 Å². The van der Waals surface area contributed by atoms with Gasteiger partial charge in [-0.25, -0.2) is 0 Å². The van der Waals surface area contributed by atoms with Crippen molar-refractivity contribution in [2.75, 3.05) is 6.26 Å². The molecular weight excluding hydrogens is 164 g/mol. The van der Waals surface area contributed by atoms with E-state index in [4.69, 9.17) is 0 Å². The van der Waals surface area contributed by atoms with E-state index in [1.807, 2.05) is 11.8 Å². The Bertz CT molecular complexity index is 207. The molecular formula is C11H18S. The van der Waals surface area contributed by atoms with Gasteiger partial charge in [0, 0.05) is 5.41 Å². The van der Waals surface area contributed by atoms with E-state index in [9.17, 15) is 0 Å². The van der Waals surface area contributed by atoms with Gasteiger partial charge in [0.05, 0.1) is 0 Å². The van der Waals surface area contributed by atoms with Gasteiger partial charge in [0.1, 0.15) is 0 Å². The molecule has 1 saturated carbocycles. The molecule has 1 heteroatoms. The maximum atomic E-state index is 2.49. The standard InChI is InChI=1S/C11H18S/c1-11-8-4-3-5-9(11)6-7-10(11)12-2/h7,9H,3-6,8H2,1-2H3. The van der Waals surface area contributed by atoms with Gasteiger partial charge in [-0.2, -0.15) is 0 Å². The highest BCUT2D eigenvalue weighted by atomic mass is 32.2. The van der Waals surface area contributed by atoms with Crippen LogP contribution in [-0.4, -0.2) is 6.26 Å². The lowest BCUT2D eigenvalue weighted by Gasteiger charge is -2.38. The zero-order valence-corrected chi connectivity index (χ0v) is 8.91. The Labute approximate surface area is 79.8 Å². The van der Waals surface area contributed by atoms with Gasteiger partial charge < -0.3 is 0 Å². The Hall–Kier alpha value is 0.0900. The van der Waals surface area contributed by atoms with E-state index < -0.39 is 0 Å². The highest BCUT2D eigenvalue weighted by molar-refractivity contribution is 8.02. The second-order valence-corrected chi connectivity index (χ2v) is 5.22. The van der Waals surface area contributed by atoms with E-state index in [1.165, 1.54) is 32.1 Å². The zero-order chi connectivity index (χ0) is 8.60. The third-order valence-electron chi connectivity index (χ3n) is 3.77. The van der Waals surface area contributed by atoms with Crippen LogP contribution < -0.4 is 0 Å². The van der Waals surface area contributed by atoms with Crippen molar-refractivity contribution in [3.63, 3.8) is 0 Å². The van der Waals surface area contributed by atoms with E-state index in [-0.39, 0.29) is 0 Å². The molecule has 2 unspecified atom stereocenters. The van der Waals surface area contributed by atoms with Crippen LogP contribution in [0.25, 0.3) is 0 Å². The second kappa shape index (κ2) is 3.10. The first-order chi connectivity index (χ1) is 5.77. The molecule has 0 nitrogen and oxygen atoms in total. The molecule has 1 fully saturated rings. The lowest BCUT2D eigenvalue weighted by atomic mass is 9.70. The highest BCUT2D eigenvalue weighted by Gasteiger charge is 2.42. The molecule has 0 aromatic rings. The van der Waals surface area contributed by atoms with Crippen LogP contribution in [0.4, 0.5) is 0 Å². The van der Waals surface area contributed by atoms with Gasteiger partial charge in [-0.15, -0.1) is 11.8 Å². The fourth-order valence-electron chi connectivity index (χ4n) is 2.91. The van der Waals surface area contributed by atoms with Gasteiger partial charge in [0.15, 0.2) is 0 Å². The molecule has 0 heterocycles. The molecule has 0 amide bonds. The fourth-order valence-corrected chi connectivity index (χ4v) is 3.90. The molecule has 0 aromatic carbocycles. The molecule has 0 N–H and O–H groups in total. The average molecular weight is 182 g/mol. The minimum atomic E-state index is 0.581. The summed E-state index contributed by atoms with van der Waals surface area (Å²) in [4.78, 5) is 1.67. The predicted octanol–water partition coefficient (Wildman–Crippen LogP) is 3.83. The molecule has 2 rings (SSSR count). The summed E-state index contributed by atoms with van der Waals surface area (Å²) in [7, 11) is 0. The molecule has 2 aliphatic rings. The van der Waals surface area contributed by atoms with Crippen molar-refractivity contribution in [1.29, 1.82) is 0 Å². The van der Waals surface area contributed by atoms with Gasteiger partial charge in [0.25, 0.3) is 0 Å². The van der Waals surface area contributed by atoms with E-state index in [2.05, 4.69) is 19.3 Å². The molecule has 68 valence electrons. The first kappa shape index (κ1) is 8.68. The summed E-state index contributed by atoms with van der Waals surface area (Å²) < 4.78 is 0. The number of hydrogen-bond acceptors (Lipinski definition) is 1. The van der Waals surface area contributed by atoms with E-state index >= 15 is 0 Å². The van der Waals surface area contributed by atoms with Crippen molar-refractivity contribution >= 4 is 11.8 Å².